The van der Waals surface area contributed by atoms with Crippen molar-refractivity contribution in [3.05, 3.63) is 54.2 Å². The number of hydrogen-bond donors (Lipinski definition) is 3. The molecular formula is C19H19N3O5. The fraction of sp³-hybridized carbons (Fsp3) is 0.263. The molecule has 3 atom stereocenters. The lowest BCUT2D eigenvalue weighted by Gasteiger charge is -2.12. The van der Waals surface area contributed by atoms with Crippen molar-refractivity contribution < 1.29 is 24.2 Å². The van der Waals surface area contributed by atoms with Crippen molar-refractivity contribution in [1.82, 2.24) is 4.98 Å². The number of carboxylic acids is 1. The molecule has 1 aromatic heterocycles. The van der Waals surface area contributed by atoms with Gasteiger partial charge in [0.05, 0.1) is 11.9 Å². The minimum atomic E-state index is -1.07. The summed E-state index contributed by atoms with van der Waals surface area (Å²) in [4.78, 5) is 39.5. The Morgan fingerprint density at radius 3 is 2.44 bits per heavy atom. The quantitative estimate of drug-likeness (QED) is 0.743. The first-order valence-electron chi connectivity index (χ1n) is 8.45. The molecule has 1 aromatic carbocycles. The van der Waals surface area contributed by atoms with Gasteiger partial charge >= 0.3 is 5.97 Å². The highest BCUT2D eigenvalue weighted by molar-refractivity contribution is 6.03. The lowest BCUT2D eigenvalue weighted by molar-refractivity contribution is -0.152. The molecule has 3 N–H and O–H groups in total. The fourth-order valence-electron chi connectivity index (χ4n) is 2.84. The van der Waals surface area contributed by atoms with Crippen LogP contribution >= 0.6 is 0 Å². The lowest BCUT2D eigenvalue weighted by atomic mass is 10.0. The number of aliphatic carboxylic acids is 1. The molecule has 1 fully saturated rings. The molecule has 8 heteroatoms. The second-order valence-corrected chi connectivity index (χ2v) is 6.34. The third-order valence-corrected chi connectivity index (χ3v) is 4.26. The number of benzene rings is 1. The highest BCUT2D eigenvalue weighted by Gasteiger charge is 2.40. The zero-order valence-corrected chi connectivity index (χ0v) is 14.6. The molecule has 0 unspecified atom stereocenters. The summed E-state index contributed by atoms with van der Waals surface area (Å²) >= 11 is 0. The molecule has 0 bridgehead atoms. The molecule has 1 aliphatic rings. The third-order valence-electron chi connectivity index (χ3n) is 4.26. The van der Waals surface area contributed by atoms with Crippen LogP contribution < -0.4 is 10.6 Å². The topological polar surface area (TPSA) is 118 Å². The number of anilines is 2. The second-order valence-electron chi connectivity index (χ2n) is 6.34. The van der Waals surface area contributed by atoms with E-state index in [-0.39, 0.29) is 11.8 Å². The maximum Gasteiger partial charge on any atom is 0.333 e. The standard InChI is InChI=1S/C19H19N3O5/c1-11-9-14(27-16(11)19(25)26)18(24)21-13-7-8-15(20-10-13)22-17(23)12-5-3-2-4-6-12/h2-8,10-11,14,16H,9H2,1H3,(H,21,24)(H,25,26)(H,20,22,23)/t11-,14-,16-/m1/s1. The number of nitrogens with one attached hydrogen (secondary N) is 2. The number of ether oxygens (including phenoxy) is 1. The zero-order valence-electron chi connectivity index (χ0n) is 14.6. The summed E-state index contributed by atoms with van der Waals surface area (Å²) in [5.74, 6) is -1.68. The number of amides is 2. The first kappa shape index (κ1) is 18.5. The van der Waals surface area contributed by atoms with E-state index in [1.54, 1.807) is 43.3 Å². The Morgan fingerprint density at radius 1 is 1.11 bits per heavy atom. The minimum Gasteiger partial charge on any atom is -0.479 e. The number of aromatic nitrogens is 1. The van der Waals surface area contributed by atoms with Gasteiger partial charge in [0.15, 0.2) is 6.10 Å². The fourth-order valence-corrected chi connectivity index (χ4v) is 2.84. The SMILES string of the molecule is C[C@@H]1C[C@H](C(=O)Nc2ccc(NC(=O)c3ccccc3)nc2)O[C@H]1C(=O)O. The van der Waals surface area contributed by atoms with E-state index < -0.39 is 24.1 Å². The van der Waals surface area contributed by atoms with Crippen molar-refractivity contribution in [1.29, 1.82) is 0 Å². The van der Waals surface area contributed by atoms with Crippen LogP contribution in [0.2, 0.25) is 0 Å². The Hall–Kier alpha value is -3.26. The van der Waals surface area contributed by atoms with E-state index in [4.69, 9.17) is 9.84 Å². The van der Waals surface area contributed by atoms with Gasteiger partial charge in [-0.05, 0) is 36.6 Å². The van der Waals surface area contributed by atoms with E-state index >= 15 is 0 Å². The molecule has 2 amide bonds. The van der Waals surface area contributed by atoms with E-state index in [0.717, 1.165) is 0 Å². The Kier molecular flexibility index (Phi) is 5.46. The minimum absolute atomic E-state index is 0.244. The summed E-state index contributed by atoms with van der Waals surface area (Å²) in [5, 5.41) is 14.4. The predicted molar refractivity (Wildman–Crippen MR) is 97.3 cm³/mol. The Morgan fingerprint density at radius 2 is 1.85 bits per heavy atom. The number of carboxylic acid groups (broad SMARTS) is 1. The number of hydrogen-bond acceptors (Lipinski definition) is 5. The van der Waals surface area contributed by atoms with Crippen LogP contribution in [0.5, 0.6) is 0 Å². The van der Waals surface area contributed by atoms with E-state index in [9.17, 15) is 14.4 Å². The maximum absolute atomic E-state index is 12.2. The Labute approximate surface area is 155 Å². The first-order chi connectivity index (χ1) is 12.9. The number of nitrogens with zero attached hydrogens (tertiary/aromatic N) is 1. The number of carbonyl (C=O) groups is 3. The largest absolute Gasteiger partial charge is 0.479 e. The average molecular weight is 369 g/mol. The summed E-state index contributed by atoms with van der Waals surface area (Å²) in [5.41, 5.74) is 0.935. The van der Waals surface area contributed by atoms with Crippen molar-refractivity contribution >= 4 is 29.3 Å². The van der Waals surface area contributed by atoms with Crippen LogP contribution in [0.25, 0.3) is 0 Å². The van der Waals surface area contributed by atoms with E-state index in [0.29, 0.717) is 23.5 Å². The van der Waals surface area contributed by atoms with Crippen LogP contribution in [0, 0.1) is 5.92 Å². The molecule has 3 rings (SSSR count). The van der Waals surface area contributed by atoms with Crippen LogP contribution in [0.3, 0.4) is 0 Å². The van der Waals surface area contributed by atoms with Crippen molar-refractivity contribution in [3.63, 3.8) is 0 Å². The molecule has 8 nitrogen and oxygen atoms in total. The van der Waals surface area contributed by atoms with Crippen molar-refractivity contribution in [2.24, 2.45) is 5.92 Å². The third kappa shape index (κ3) is 4.48. The number of carbonyl (C=O) groups excluding carboxylic acids is 2. The van der Waals surface area contributed by atoms with Crippen LogP contribution in [0.4, 0.5) is 11.5 Å². The van der Waals surface area contributed by atoms with Gasteiger partial charge < -0.3 is 20.5 Å². The molecular weight excluding hydrogens is 350 g/mol. The van der Waals surface area contributed by atoms with Gasteiger partial charge in [0.1, 0.15) is 11.9 Å². The van der Waals surface area contributed by atoms with Gasteiger partial charge in [0, 0.05) is 5.56 Å². The molecule has 140 valence electrons. The van der Waals surface area contributed by atoms with Crippen molar-refractivity contribution in [3.8, 4) is 0 Å². The number of pyridine rings is 1. The van der Waals surface area contributed by atoms with E-state index in [2.05, 4.69) is 15.6 Å². The monoisotopic (exact) mass is 369 g/mol. The van der Waals surface area contributed by atoms with Crippen LogP contribution in [0.15, 0.2) is 48.7 Å². The van der Waals surface area contributed by atoms with Gasteiger partial charge in [-0.15, -0.1) is 0 Å². The van der Waals surface area contributed by atoms with Gasteiger partial charge in [0.2, 0.25) is 0 Å². The van der Waals surface area contributed by atoms with Gasteiger partial charge in [-0.3, -0.25) is 9.59 Å². The second kappa shape index (κ2) is 7.96. The zero-order chi connectivity index (χ0) is 19.4. The smallest absolute Gasteiger partial charge is 0.333 e. The molecule has 0 saturated carbocycles. The normalized spacial score (nSPS) is 21.4. The summed E-state index contributed by atoms with van der Waals surface area (Å²) in [7, 11) is 0. The van der Waals surface area contributed by atoms with Crippen molar-refractivity contribution in [2.45, 2.75) is 25.6 Å². The maximum atomic E-state index is 12.2. The molecule has 0 spiro atoms. The average Bonchev–Trinajstić information content (AvgIpc) is 3.06. The predicted octanol–water partition coefficient (Wildman–Crippen LogP) is 2.15. The molecule has 0 aliphatic carbocycles. The van der Waals surface area contributed by atoms with Gasteiger partial charge in [-0.1, -0.05) is 25.1 Å². The summed E-state index contributed by atoms with van der Waals surface area (Å²) in [6, 6.07) is 11.9. The van der Waals surface area contributed by atoms with E-state index in [1.807, 2.05) is 6.07 Å². The summed E-state index contributed by atoms with van der Waals surface area (Å²) in [6.45, 7) is 1.73. The summed E-state index contributed by atoms with van der Waals surface area (Å²) in [6.07, 6.45) is -0.0551. The Balaban J connectivity index is 1.57. The number of rotatable bonds is 5. The summed E-state index contributed by atoms with van der Waals surface area (Å²) < 4.78 is 5.31. The lowest BCUT2D eigenvalue weighted by Crippen LogP contribution is -2.30. The molecule has 0 radical (unpaired) electrons. The molecule has 2 heterocycles. The molecule has 2 aromatic rings. The first-order valence-corrected chi connectivity index (χ1v) is 8.45. The van der Waals surface area contributed by atoms with Gasteiger partial charge in [-0.2, -0.15) is 0 Å². The van der Waals surface area contributed by atoms with Crippen molar-refractivity contribution in [2.75, 3.05) is 10.6 Å². The van der Waals surface area contributed by atoms with Gasteiger partial charge in [0.25, 0.3) is 11.8 Å². The molecule has 27 heavy (non-hydrogen) atoms. The van der Waals surface area contributed by atoms with E-state index in [1.165, 1.54) is 6.20 Å². The molecule has 1 saturated heterocycles. The molecule has 1 aliphatic heterocycles. The van der Waals surface area contributed by atoms with Crippen LogP contribution in [-0.4, -0.2) is 40.1 Å². The van der Waals surface area contributed by atoms with Gasteiger partial charge in [-0.25, -0.2) is 9.78 Å². The highest BCUT2D eigenvalue weighted by atomic mass is 16.5. The Bertz CT molecular complexity index is 838. The highest BCUT2D eigenvalue weighted by Crippen LogP contribution is 2.27. The van der Waals surface area contributed by atoms with Crippen LogP contribution in [0.1, 0.15) is 23.7 Å². The van der Waals surface area contributed by atoms with Crippen LogP contribution in [-0.2, 0) is 14.3 Å².